The Balaban J connectivity index is 1.84. The molecule has 160 valence electrons. The Hall–Kier alpha value is -3.21. The van der Waals surface area contributed by atoms with Gasteiger partial charge in [0.15, 0.2) is 17.5 Å². The van der Waals surface area contributed by atoms with E-state index < -0.39 is 43.0 Å². The molecule has 0 bridgehead atoms. The first-order valence-electron chi connectivity index (χ1n) is 8.66. The highest BCUT2D eigenvalue weighted by Crippen LogP contribution is 2.24. The first-order chi connectivity index (χ1) is 14.1. The van der Waals surface area contributed by atoms with Crippen LogP contribution in [0.5, 0.6) is 5.75 Å². The van der Waals surface area contributed by atoms with Crippen molar-refractivity contribution in [3.05, 3.63) is 65.1 Å². The van der Waals surface area contributed by atoms with Gasteiger partial charge in [-0.15, -0.1) is 0 Å². The molecule has 0 saturated heterocycles. The van der Waals surface area contributed by atoms with Gasteiger partial charge in [0.2, 0.25) is 0 Å². The van der Waals surface area contributed by atoms with Crippen molar-refractivity contribution >= 4 is 11.6 Å². The second kappa shape index (κ2) is 8.27. The predicted molar refractivity (Wildman–Crippen MR) is 95.0 cm³/mol. The molecule has 0 radical (unpaired) electrons. The minimum absolute atomic E-state index is 0.0677. The second-order valence-corrected chi connectivity index (χ2v) is 6.37. The van der Waals surface area contributed by atoms with E-state index in [9.17, 15) is 26.7 Å². The molecule has 0 aliphatic heterocycles. The Morgan fingerprint density at radius 3 is 2.53 bits per heavy atom. The first-order valence-corrected chi connectivity index (χ1v) is 8.66. The van der Waals surface area contributed by atoms with E-state index in [-0.39, 0.29) is 28.3 Å². The van der Waals surface area contributed by atoms with Crippen LogP contribution in [0, 0.1) is 18.6 Å². The molecule has 1 aromatic carbocycles. The number of ether oxygens (including phenoxy) is 1. The minimum Gasteiger partial charge on any atom is -0.485 e. The van der Waals surface area contributed by atoms with E-state index in [0.29, 0.717) is 0 Å². The second-order valence-electron chi connectivity index (χ2n) is 6.37. The van der Waals surface area contributed by atoms with Crippen molar-refractivity contribution in [3.8, 4) is 5.75 Å². The summed E-state index contributed by atoms with van der Waals surface area (Å²) in [4.78, 5) is 16.5. The van der Waals surface area contributed by atoms with Gasteiger partial charge < -0.3 is 15.2 Å². The molecular formula is C19H16F5N3O3. The highest BCUT2D eigenvalue weighted by molar-refractivity contribution is 5.95. The van der Waals surface area contributed by atoms with Crippen LogP contribution in [-0.4, -0.2) is 39.2 Å². The third kappa shape index (κ3) is 4.35. The lowest BCUT2D eigenvalue weighted by Crippen LogP contribution is -2.41. The van der Waals surface area contributed by atoms with Crippen LogP contribution in [-0.2, 0) is 6.61 Å². The molecule has 1 unspecified atom stereocenters. The molecule has 30 heavy (non-hydrogen) atoms. The number of amides is 1. The number of nitrogens with one attached hydrogen (secondary N) is 1. The number of pyridine rings is 1. The maximum absolute atomic E-state index is 13.8. The average molecular weight is 429 g/mol. The fraction of sp³-hybridized carbons (Fsp3) is 0.263. The molecule has 1 amide bonds. The number of carbonyl (C=O) groups excluding carboxylic acids is 1. The number of hydrogen-bond acceptors (Lipinski definition) is 4. The fourth-order valence-corrected chi connectivity index (χ4v) is 2.75. The summed E-state index contributed by atoms with van der Waals surface area (Å²) in [6, 6.07) is 6.32. The van der Waals surface area contributed by atoms with Gasteiger partial charge in [-0.3, -0.25) is 9.20 Å². The highest BCUT2D eigenvalue weighted by atomic mass is 19.4. The third-order valence-corrected chi connectivity index (χ3v) is 4.27. The van der Waals surface area contributed by atoms with E-state index in [2.05, 4.69) is 4.98 Å². The monoisotopic (exact) mass is 429 g/mol. The van der Waals surface area contributed by atoms with Gasteiger partial charge in [0, 0.05) is 6.20 Å². The van der Waals surface area contributed by atoms with Gasteiger partial charge >= 0.3 is 6.18 Å². The topological polar surface area (TPSA) is 75.9 Å². The maximum atomic E-state index is 13.8. The average Bonchev–Trinajstić information content (AvgIpc) is 3.01. The van der Waals surface area contributed by atoms with Crippen molar-refractivity contribution < 1.29 is 36.6 Å². The summed E-state index contributed by atoms with van der Waals surface area (Å²) in [5.74, 6) is -2.35. The number of aryl methyl sites for hydroxylation is 1. The number of aliphatic hydroxyl groups is 1. The van der Waals surface area contributed by atoms with Crippen LogP contribution in [0.2, 0.25) is 0 Å². The molecule has 0 spiro atoms. The van der Waals surface area contributed by atoms with Gasteiger partial charge in [0.1, 0.15) is 23.9 Å². The molecule has 2 N–H and O–H groups in total. The normalized spacial score (nSPS) is 12.8. The van der Waals surface area contributed by atoms with Crippen molar-refractivity contribution in [1.82, 2.24) is 14.7 Å². The predicted octanol–water partition coefficient (Wildman–Crippen LogP) is 3.15. The number of rotatable bonds is 6. The van der Waals surface area contributed by atoms with E-state index in [1.54, 1.807) is 0 Å². The quantitative estimate of drug-likeness (QED) is 0.591. The van der Waals surface area contributed by atoms with Gasteiger partial charge in [-0.2, -0.15) is 13.2 Å². The molecular weight excluding hydrogens is 413 g/mol. The highest BCUT2D eigenvalue weighted by Gasteiger charge is 2.38. The number of alkyl halides is 3. The van der Waals surface area contributed by atoms with Crippen molar-refractivity contribution in [2.75, 3.05) is 6.54 Å². The van der Waals surface area contributed by atoms with Crippen molar-refractivity contribution in [3.63, 3.8) is 0 Å². The first kappa shape index (κ1) is 21.5. The molecule has 0 aliphatic carbocycles. The van der Waals surface area contributed by atoms with Crippen molar-refractivity contribution in [1.29, 1.82) is 0 Å². The number of fused-ring (bicyclic) bond motifs is 1. The fourth-order valence-electron chi connectivity index (χ4n) is 2.75. The number of aromatic nitrogens is 2. The summed E-state index contributed by atoms with van der Waals surface area (Å²) in [7, 11) is 0. The Kier molecular flexibility index (Phi) is 5.92. The number of benzene rings is 1. The minimum atomic E-state index is -4.87. The zero-order chi connectivity index (χ0) is 22.1. The van der Waals surface area contributed by atoms with Gasteiger partial charge in [0.05, 0.1) is 17.8 Å². The van der Waals surface area contributed by atoms with Crippen LogP contribution in [0.4, 0.5) is 22.0 Å². The van der Waals surface area contributed by atoms with E-state index >= 15 is 0 Å². The molecule has 2 heterocycles. The Labute approximate surface area is 166 Å². The lowest BCUT2D eigenvalue weighted by Gasteiger charge is -2.15. The van der Waals surface area contributed by atoms with Gasteiger partial charge in [-0.05, 0) is 31.2 Å². The molecule has 0 fully saturated rings. The van der Waals surface area contributed by atoms with E-state index in [1.165, 1.54) is 35.7 Å². The summed E-state index contributed by atoms with van der Waals surface area (Å²) < 4.78 is 71.6. The SMILES string of the molecule is Cc1nc2c(OCc3c(F)cccc3F)cccn2c1C(=O)NCC(O)C(F)(F)F. The number of imidazole rings is 1. The summed E-state index contributed by atoms with van der Waals surface area (Å²) in [5, 5.41) is 11.0. The number of hydrogen-bond donors (Lipinski definition) is 2. The van der Waals surface area contributed by atoms with Gasteiger partial charge in [-0.25, -0.2) is 13.8 Å². The number of nitrogens with zero attached hydrogens (tertiary/aromatic N) is 2. The van der Waals surface area contributed by atoms with Crippen molar-refractivity contribution in [2.24, 2.45) is 0 Å². The zero-order valence-corrected chi connectivity index (χ0v) is 15.5. The maximum Gasteiger partial charge on any atom is 0.416 e. The number of aliphatic hydroxyl groups excluding tert-OH is 1. The van der Waals surface area contributed by atoms with Crippen LogP contribution in [0.25, 0.3) is 5.65 Å². The molecule has 11 heteroatoms. The molecule has 1 atom stereocenters. The van der Waals surface area contributed by atoms with E-state index in [4.69, 9.17) is 9.84 Å². The lowest BCUT2D eigenvalue weighted by atomic mass is 10.2. The Bertz CT molecular complexity index is 1060. The smallest absolute Gasteiger partial charge is 0.416 e. The van der Waals surface area contributed by atoms with E-state index in [0.717, 1.165) is 12.1 Å². The molecule has 3 rings (SSSR count). The van der Waals surface area contributed by atoms with Crippen molar-refractivity contribution in [2.45, 2.75) is 25.8 Å². The Morgan fingerprint density at radius 1 is 1.23 bits per heavy atom. The van der Waals surface area contributed by atoms with Crippen LogP contribution in [0.15, 0.2) is 36.5 Å². The summed E-state index contributed by atoms with van der Waals surface area (Å²) in [5.41, 5.74) is -0.0424. The Morgan fingerprint density at radius 2 is 1.90 bits per heavy atom. The third-order valence-electron chi connectivity index (χ3n) is 4.27. The molecule has 0 aliphatic rings. The molecule has 2 aromatic heterocycles. The van der Waals surface area contributed by atoms with Crippen LogP contribution in [0.3, 0.4) is 0 Å². The summed E-state index contributed by atoms with van der Waals surface area (Å²) in [6.07, 6.45) is -6.15. The summed E-state index contributed by atoms with van der Waals surface area (Å²) >= 11 is 0. The number of carbonyl (C=O) groups is 1. The van der Waals surface area contributed by atoms with Crippen LogP contribution < -0.4 is 10.1 Å². The number of halogens is 5. The summed E-state index contributed by atoms with van der Waals surface area (Å²) in [6.45, 7) is -0.0104. The van der Waals surface area contributed by atoms with Gasteiger partial charge in [0.25, 0.3) is 5.91 Å². The molecule has 0 saturated carbocycles. The zero-order valence-electron chi connectivity index (χ0n) is 15.5. The van der Waals surface area contributed by atoms with Crippen LogP contribution in [0.1, 0.15) is 21.7 Å². The van der Waals surface area contributed by atoms with Gasteiger partial charge in [-0.1, -0.05) is 6.07 Å². The molecule has 6 nitrogen and oxygen atoms in total. The lowest BCUT2D eigenvalue weighted by molar-refractivity contribution is -0.201. The molecule has 3 aromatic rings. The van der Waals surface area contributed by atoms with Crippen LogP contribution >= 0.6 is 0 Å². The largest absolute Gasteiger partial charge is 0.485 e. The van der Waals surface area contributed by atoms with E-state index in [1.807, 2.05) is 5.32 Å². The standard InChI is InChI=1S/C19H16F5N3O3/c1-10-16(18(29)25-8-15(28)19(22,23)24)27-7-3-6-14(17(27)26-10)30-9-11-12(20)4-2-5-13(11)21/h2-7,15,28H,8-9H2,1H3,(H,25,29).